The predicted octanol–water partition coefficient (Wildman–Crippen LogP) is 4.02. The molecule has 1 aromatic carbocycles. The predicted molar refractivity (Wildman–Crippen MR) is 86.7 cm³/mol. The zero-order chi connectivity index (χ0) is 15.8. The van der Waals surface area contributed by atoms with Gasteiger partial charge in [0.1, 0.15) is 5.25 Å². The molecule has 0 aliphatic rings. The third-order valence-electron chi connectivity index (χ3n) is 3.23. The van der Waals surface area contributed by atoms with E-state index in [4.69, 9.17) is 5.11 Å². The van der Waals surface area contributed by atoms with Crippen molar-refractivity contribution in [2.75, 3.05) is 5.32 Å². The monoisotopic (exact) mass is 309 g/mol. The SMILES string of the molecule is CCC[C@H](C)C(=O)Nc1ccccc1S[C@H](CC)C(=O)O. The van der Waals surface area contributed by atoms with Gasteiger partial charge in [-0.05, 0) is 25.0 Å². The van der Waals surface area contributed by atoms with Crippen LogP contribution in [0.1, 0.15) is 40.0 Å². The molecule has 2 atom stereocenters. The Kier molecular flexibility index (Phi) is 7.29. The van der Waals surface area contributed by atoms with Gasteiger partial charge >= 0.3 is 5.97 Å². The summed E-state index contributed by atoms with van der Waals surface area (Å²) in [4.78, 5) is 24.1. The molecular weight excluding hydrogens is 286 g/mol. The van der Waals surface area contributed by atoms with E-state index >= 15 is 0 Å². The van der Waals surface area contributed by atoms with Gasteiger partial charge in [-0.25, -0.2) is 0 Å². The first-order valence-corrected chi connectivity index (χ1v) is 8.16. The van der Waals surface area contributed by atoms with Gasteiger partial charge in [0.15, 0.2) is 0 Å². The largest absolute Gasteiger partial charge is 0.480 e. The Bertz CT molecular complexity index is 490. The first-order valence-electron chi connectivity index (χ1n) is 7.28. The molecule has 0 fully saturated rings. The summed E-state index contributed by atoms with van der Waals surface area (Å²) in [6.45, 7) is 5.79. The van der Waals surface area contributed by atoms with Crippen molar-refractivity contribution < 1.29 is 14.7 Å². The molecular formula is C16H23NO3S. The van der Waals surface area contributed by atoms with Crippen molar-refractivity contribution in [3.63, 3.8) is 0 Å². The Morgan fingerprint density at radius 3 is 2.52 bits per heavy atom. The molecule has 1 rings (SSSR count). The number of amides is 1. The third kappa shape index (κ3) is 5.42. The van der Waals surface area contributed by atoms with Crippen LogP contribution in [0.4, 0.5) is 5.69 Å². The van der Waals surface area contributed by atoms with E-state index in [2.05, 4.69) is 5.32 Å². The molecule has 0 bridgehead atoms. The second-order valence-corrected chi connectivity index (χ2v) is 6.27. The maximum absolute atomic E-state index is 12.1. The fraction of sp³-hybridized carbons (Fsp3) is 0.500. The Hall–Kier alpha value is -1.49. The molecule has 5 heteroatoms. The summed E-state index contributed by atoms with van der Waals surface area (Å²) in [7, 11) is 0. The Morgan fingerprint density at radius 2 is 1.95 bits per heavy atom. The van der Waals surface area contributed by atoms with Crippen LogP contribution in [0.2, 0.25) is 0 Å². The smallest absolute Gasteiger partial charge is 0.316 e. The van der Waals surface area contributed by atoms with Crippen molar-refractivity contribution in [2.24, 2.45) is 5.92 Å². The molecule has 0 aromatic heterocycles. The van der Waals surface area contributed by atoms with Gasteiger partial charge in [0.05, 0.1) is 5.69 Å². The number of anilines is 1. The van der Waals surface area contributed by atoms with Gasteiger partial charge in [0.2, 0.25) is 5.91 Å². The van der Waals surface area contributed by atoms with Gasteiger partial charge in [0, 0.05) is 10.8 Å². The maximum Gasteiger partial charge on any atom is 0.316 e. The number of nitrogens with one attached hydrogen (secondary N) is 1. The van der Waals surface area contributed by atoms with Crippen LogP contribution in [0, 0.1) is 5.92 Å². The van der Waals surface area contributed by atoms with E-state index in [-0.39, 0.29) is 11.8 Å². The van der Waals surface area contributed by atoms with Gasteiger partial charge in [0.25, 0.3) is 0 Å². The number of carboxylic acids is 1. The maximum atomic E-state index is 12.1. The fourth-order valence-electron chi connectivity index (χ4n) is 1.95. The number of para-hydroxylation sites is 1. The van der Waals surface area contributed by atoms with Gasteiger partial charge in [-0.15, -0.1) is 11.8 Å². The number of aliphatic carboxylic acids is 1. The van der Waals surface area contributed by atoms with E-state index in [1.807, 2.05) is 45.0 Å². The Labute approximate surface area is 130 Å². The molecule has 0 aliphatic carbocycles. The van der Waals surface area contributed by atoms with Gasteiger partial charge in [-0.3, -0.25) is 9.59 Å². The molecule has 4 nitrogen and oxygen atoms in total. The standard InChI is InChI=1S/C16H23NO3S/c1-4-8-11(3)15(18)17-12-9-6-7-10-14(12)21-13(5-2)16(19)20/h6-7,9-11,13H,4-5,8H2,1-3H3,(H,17,18)(H,19,20)/t11-,13+/m0/s1. The van der Waals surface area contributed by atoms with E-state index in [1.54, 1.807) is 0 Å². The number of carbonyl (C=O) groups is 2. The lowest BCUT2D eigenvalue weighted by molar-refractivity contribution is -0.136. The van der Waals surface area contributed by atoms with E-state index in [0.29, 0.717) is 12.1 Å². The number of carbonyl (C=O) groups excluding carboxylic acids is 1. The highest BCUT2D eigenvalue weighted by Crippen LogP contribution is 2.32. The minimum atomic E-state index is -0.831. The highest BCUT2D eigenvalue weighted by atomic mass is 32.2. The van der Waals surface area contributed by atoms with Crippen LogP contribution in [0.5, 0.6) is 0 Å². The van der Waals surface area contributed by atoms with Crippen LogP contribution < -0.4 is 5.32 Å². The number of hydrogen-bond donors (Lipinski definition) is 2. The molecule has 0 heterocycles. The molecule has 0 spiro atoms. The van der Waals surface area contributed by atoms with Gasteiger partial charge < -0.3 is 10.4 Å². The first-order chi connectivity index (χ1) is 9.99. The summed E-state index contributed by atoms with van der Waals surface area (Å²) in [5.41, 5.74) is 0.690. The molecule has 0 saturated heterocycles. The van der Waals surface area contributed by atoms with E-state index in [9.17, 15) is 9.59 Å². The Morgan fingerprint density at radius 1 is 1.29 bits per heavy atom. The minimum Gasteiger partial charge on any atom is -0.480 e. The van der Waals surface area contributed by atoms with Crippen molar-refractivity contribution >= 4 is 29.3 Å². The average Bonchev–Trinajstić information content (AvgIpc) is 2.46. The van der Waals surface area contributed by atoms with Crippen molar-refractivity contribution in [3.05, 3.63) is 24.3 Å². The molecule has 0 saturated carbocycles. The lowest BCUT2D eigenvalue weighted by atomic mass is 10.1. The van der Waals surface area contributed by atoms with E-state index in [0.717, 1.165) is 17.7 Å². The topological polar surface area (TPSA) is 66.4 Å². The molecule has 1 aromatic rings. The van der Waals surface area contributed by atoms with Crippen molar-refractivity contribution in [1.82, 2.24) is 0 Å². The number of thioether (sulfide) groups is 1. The quantitative estimate of drug-likeness (QED) is 0.712. The van der Waals surface area contributed by atoms with E-state index < -0.39 is 11.2 Å². The molecule has 0 unspecified atom stereocenters. The molecule has 21 heavy (non-hydrogen) atoms. The lowest BCUT2D eigenvalue weighted by Crippen LogP contribution is -2.21. The molecule has 116 valence electrons. The summed E-state index contributed by atoms with van der Waals surface area (Å²) in [6.07, 6.45) is 2.34. The second-order valence-electron chi connectivity index (χ2n) is 5.03. The average molecular weight is 309 g/mol. The zero-order valence-corrected chi connectivity index (χ0v) is 13.6. The third-order valence-corrected chi connectivity index (χ3v) is 4.66. The summed E-state index contributed by atoms with van der Waals surface area (Å²) < 4.78 is 0. The van der Waals surface area contributed by atoms with Crippen LogP contribution in [0.25, 0.3) is 0 Å². The number of rotatable bonds is 8. The van der Waals surface area contributed by atoms with Gasteiger partial charge in [-0.1, -0.05) is 39.3 Å². The van der Waals surface area contributed by atoms with Crippen molar-refractivity contribution in [2.45, 2.75) is 50.2 Å². The molecule has 0 radical (unpaired) electrons. The van der Waals surface area contributed by atoms with Gasteiger partial charge in [-0.2, -0.15) is 0 Å². The van der Waals surface area contributed by atoms with Crippen LogP contribution in [0.3, 0.4) is 0 Å². The second kappa shape index (κ2) is 8.72. The molecule has 0 aliphatic heterocycles. The van der Waals surface area contributed by atoms with Crippen molar-refractivity contribution in [3.8, 4) is 0 Å². The number of carboxylic acid groups (broad SMARTS) is 1. The summed E-state index contributed by atoms with van der Waals surface area (Å²) >= 11 is 1.28. The van der Waals surface area contributed by atoms with Crippen LogP contribution >= 0.6 is 11.8 Å². The number of hydrogen-bond acceptors (Lipinski definition) is 3. The lowest BCUT2D eigenvalue weighted by Gasteiger charge is -2.16. The van der Waals surface area contributed by atoms with E-state index in [1.165, 1.54) is 11.8 Å². The highest BCUT2D eigenvalue weighted by molar-refractivity contribution is 8.00. The summed E-state index contributed by atoms with van der Waals surface area (Å²) in [5.74, 6) is -0.897. The highest BCUT2D eigenvalue weighted by Gasteiger charge is 2.19. The molecule has 1 amide bonds. The normalized spacial score (nSPS) is 13.5. The minimum absolute atomic E-state index is 0.0201. The number of benzene rings is 1. The van der Waals surface area contributed by atoms with Crippen LogP contribution in [-0.4, -0.2) is 22.2 Å². The van der Waals surface area contributed by atoms with Crippen LogP contribution in [0.15, 0.2) is 29.2 Å². The Balaban J connectivity index is 2.84. The molecule has 2 N–H and O–H groups in total. The summed E-state index contributed by atoms with van der Waals surface area (Å²) in [5, 5.41) is 11.6. The fourth-order valence-corrected chi connectivity index (χ4v) is 2.93. The zero-order valence-electron chi connectivity index (χ0n) is 12.8. The first kappa shape index (κ1) is 17.6. The summed E-state index contributed by atoms with van der Waals surface area (Å²) in [6, 6.07) is 7.34. The van der Waals surface area contributed by atoms with Crippen LogP contribution in [-0.2, 0) is 9.59 Å². The van der Waals surface area contributed by atoms with Crippen molar-refractivity contribution in [1.29, 1.82) is 0 Å².